The average molecular weight is 381 g/mol. The van der Waals surface area contributed by atoms with Gasteiger partial charge in [-0.1, -0.05) is 18.7 Å². The molecule has 2 aliphatic rings. The van der Waals surface area contributed by atoms with E-state index in [2.05, 4.69) is 23.3 Å². The number of aryl methyl sites for hydroxylation is 1. The summed E-state index contributed by atoms with van der Waals surface area (Å²) in [5, 5.41) is 12.9. The minimum absolute atomic E-state index is 0.157. The summed E-state index contributed by atoms with van der Waals surface area (Å²) in [4.78, 5) is 17.0. The lowest BCUT2D eigenvalue weighted by Crippen LogP contribution is -2.16. The van der Waals surface area contributed by atoms with Gasteiger partial charge in [-0.3, -0.25) is 4.79 Å². The number of anilines is 1. The van der Waals surface area contributed by atoms with Crippen LogP contribution in [0.15, 0.2) is 29.3 Å². The van der Waals surface area contributed by atoms with Gasteiger partial charge in [0.25, 0.3) is 0 Å². The van der Waals surface area contributed by atoms with Gasteiger partial charge in [-0.05, 0) is 48.9 Å². The molecular formula is C20H19N3O3S. The molecule has 0 saturated heterocycles. The highest BCUT2D eigenvalue weighted by Gasteiger charge is 2.20. The summed E-state index contributed by atoms with van der Waals surface area (Å²) in [6, 6.07) is 9.44. The highest BCUT2D eigenvalue weighted by atomic mass is 32.2. The van der Waals surface area contributed by atoms with Crippen LogP contribution in [0.3, 0.4) is 0 Å². The van der Waals surface area contributed by atoms with E-state index in [0.717, 1.165) is 25.0 Å². The maximum absolute atomic E-state index is 12.3. The van der Waals surface area contributed by atoms with Gasteiger partial charge in [-0.15, -0.1) is 0 Å². The zero-order chi connectivity index (χ0) is 18.8. The quantitative estimate of drug-likeness (QED) is 0.816. The van der Waals surface area contributed by atoms with E-state index in [4.69, 9.17) is 9.47 Å². The van der Waals surface area contributed by atoms with E-state index in [1.807, 2.05) is 6.07 Å². The molecule has 1 N–H and O–H groups in total. The molecule has 27 heavy (non-hydrogen) atoms. The van der Waals surface area contributed by atoms with Crippen LogP contribution in [0.1, 0.15) is 30.2 Å². The number of amides is 1. The monoisotopic (exact) mass is 381 g/mol. The minimum atomic E-state index is -0.157. The molecule has 1 aromatic carbocycles. The smallest absolute Gasteiger partial charge is 0.234 e. The van der Waals surface area contributed by atoms with Gasteiger partial charge in [-0.2, -0.15) is 5.26 Å². The lowest BCUT2D eigenvalue weighted by atomic mass is 9.87. The molecule has 1 aliphatic carbocycles. The number of ether oxygens (including phenoxy) is 2. The van der Waals surface area contributed by atoms with Crippen LogP contribution >= 0.6 is 11.8 Å². The molecule has 1 amide bonds. The SMILES string of the molecule is CC1CCc2nc(SCC(=O)Nc3ccc4c(c3)OCO4)c(C#N)cc2C1. The Kier molecular flexibility index (Phi) is 4.90. The van der Waals surface area contributed by atoms with Crippen LogP contribution in [-0.4, -0.2) is 23.4 Å². The second-order valence-corrected chi connectivity index (χ2v) is 7.78. The number of thioether (sulfide) groups is 1. The molecule has 1 atom stereocenters. The predicted octanol–water partition coefficient (Wildman–Crippen LogP) is 3.54. The largest absolute Gasteiger partial charge is 0.454 e. The number of rotatable bonds is 4. The summed E-state index contributed by atoms with van der Waals surface area (Å²) in [5.41, 5.74) is 3.42. The van der Waals surface area contributed by atoms with Crippen LogP contribution < -0.4 is 14.8 Å². The number of hydrogen-bond acceptors (Lipinski definition) is 6. The number of carbonyl (C=O) groups is 1. The molecular weight excluding hydrogens is 362 g/mol. The normalized spacial score (nSPS) is 17.1. The number of nitriles is 1. The van der Waals surface area contributed by atoms with Gasteiger partial charge < -0.3 is 14.8 Å². The van der Waals surface area contributed by atoms with Crippen LogP contribution in [0.25, 0.3) is 0 Å². The molecule has 7 heteroatoms. The number of hydrogen-bond donors (Lipinski definition) is 1. The topological polar surface area (TPSA) is 84.2 Å². The fraction of sp³-hybridized carbons (Fsp3) is 0.350. The Hall–Kier alpha value is -2.72. The van der Waals surface area contributed by atoms with Gasteiger partial charge >= 0.3 is 0 Å². The van der Waals surface area contributed by atoms with Crippen molar-refractivity contribution in [2.75, 3.05) is 17.9 Å². The van der Waals surface area contributed by atoms with Crippen LogP contribution in [0, 0.1) is 17.2 Å². The molecule has 1 unspecified atom stereocenters. The Balaban J connectivity index is 1.42. The standard InChI is InChI=1S/C20H19N3O3S/c1-12-2-4-16-13(6-12)7-14(9-21)20(23-16)27-10-19(24)22-15-3-5-17-18(8-15)26-11-25-17/h3,5,7-8,12H,2,4,6,10-11H2,1H3,(H,22,24). The Labute approximate surface area is 161 Å². The van der Waals surface area contributed by atoms with Crippen molar-refractivity contribution in [2.24, 2.45) is 5.92 Å². The fourth-order valence-corrected chi connectivity index (χ4v) is 4.10. The first-order valence-electron chi connectivity index (χ1n) is 8.87. The van der Waals surface area contributed by atoms with Crippen molar-refractivity contribution < 1.29 is 14.3 Å². The first-order chi connectivity index (χ1) is 13.1. The second kappa shape index (κ2) is 7.49. The molecule has 0 spiro atoms. The third-order valence-electron chi connectivity index (χ3n) is 4.72. The number of aromatic nitrogens is 1. The zero-order valence-corrected chi connectivity index (χ0v) is 15.8. The number of nitrogens with zero attached hydrogens (tertiary/aromatic N) is 2. The molecule has 138 valence electrons. The van der Waals surface area contributed by atoms with Gasteiger partial charge in [0.05, 0.1) is 11.3 Å². The van der Waals surface area contributed by atoms with E-state index in [-0.39, 0.29) is 18.5 Å². The van der Waals surface area contributed by atoms with Crippen LogP contribution in [0.4, 0.5) is 5.69 Å². The average Bonchev–Trinajstić information content (AvgIpc) is 3.13. The van der Waals surface area contributed by atoms with Gasteiger partial charge in [-0.25, -0.2) is 4.98 Å². The maximum atomic E-state index is 12.3. The van der Waals surface area contributed by atoms with Crippen molar-refractivity contribution in [3.05, 3.63) is 41.1 Å². The molecule has 0 radical (unpaired) electrons. The molecule has 6 nitrogen and oxygen atoms in total. The van der Waals surface area contributed by atoms with Gasteiger partial charge in [0.2, 0.25) is 12.7 Å². The first-order valence-corrected chi connectivity index (χ1v) is 9.86. The van der Waals surface area contributed by atoms with E-state index in [1.165, 1.54) is 17.3 Å². The highest BCUT2D eigenvalue weighted by molar-refractivity contribution is 8.00. The summed E-state index contributed by atoms with van der Waals surface area (Å²) in [5.74, 6) is 1.95. The fourth-order valence-electron chi connectivity index (χ4n) is 3.32. The van der Waals surface area contributed by atoms with Crippen LogP contribution in [0.5, 0.6) is 11.5 Å². The lowest BCUT2D eigenvalue weighted by Gasteiger charge is -2.21. The zero-order valence-electron chi connectivity index (χ0n) is 14.9. The Morgan fingerprint density at radius 1 is 1.37 bits per heavy atom. The van der Waals surface area contributed by atoms with Crippen molar-refractivity contribution in [1.82, 2.24) is 4.98 Å². The molecule has 2 heterocycles. The van der Waals surface area contributed by atoms with E-state index in [0.29, 0.717) is 33.7 Å². The number of nitrogens with one attached hydrogen (secondary N) is 1. The van der Waals surface area contributed by atoms with Crippen LogP contribution in [0.2, 0.25) is 0 Å². The van der Waals surface area contributed by atoms with E-state index in [9.17, 15) is 10.1 Å². The predicted molar refractivity (Wildman–Crippen MR) is 102 cm³/mol. The van der Waals surface area contributed by atoms with Crippen molar-refractivity contribution >= 4 is 23.4 Å². The van der Waals surface area contributed by atoms with E-state index < -0.39 is 0 Å². The Bertz CT molecular complexity index is 939. The van der Waals surface area contributed by atoms with Gasteiger partial charge in [0, 0.05) is 17.4 Å². The summed E-state index contributed by atoms with van der Waals surface area (Å²) in [6.07, 6.45) is 3.01. The molecule has 0 saturated carbocycles. The van der Waals surface area contributed by atoms with E-state index in [1.54, 1.807) is 18.2 Å². The number of carbonyl (C=O) groups excluding carboxylic acids is 1. The molecule has 1 aromatic heterocycles. The molecule has 2 aromatic rings. The third-order valence-corrected chi connectivity index (χ3v) is 5.71. The van der Waals surface area contributed by atoms with Crippen molar-refractivity contribution in [3.8, 4) is 17.6 Å². The summed E-state index contributed by atoms with van der Waals surface area (Å²) < 4.78 is 10.6. The minimum Gasteiger partial charge on any atom is -0.454 e. The number of fused-ring (bicyclic) bond motifs is 2. The Morgan fingerprint density at radius 2 is 2.22 bits per heavy atom. The first kappa shape index (κ1) is 17.7. The molecule has 0 bridgehead atoms. The lowest BCUT2D eigenvalue weighted by molar-refractivity contribution is -0.113. The van der Waals surface area contributed by atoms with Crippen molar-refractivity contribution in [2.45, 2.75) is 31.2 Å². The summed E-state index contributed by atoms with van der Waals surface area (Å²) in [7, 11) is 0. The third kappa shape index (κ3) is 3.86. The molecule has 4 rings (SSSR count). The number of pyridine rings is 1. The highest BCUT2D eigenvalue weighted by Crippen LogP contribution is 2.34. The van der Waals surface area contributed by atoms with Crippen molar-refractivity contribution in [3.63, 3.8) is 0 Å². The summed E-state index contributed by atoms with van der Waals surface area (Å²) >= 11 is 1.30. The van der Waals surface area contributed by atoms with Gasteiger partial charge in [0.15, 0.2) is 11.5 Å². The second-order valence-electron chi connectivity index (χ2n) is 6.81. The maximum Gasteiger partial charge on any atom is 0.234 e. The van der Waals surface area contributed by atoms with E-state index >= 15 is 0 Å². The Morgan fingerprint density at radius 3 is 3.07 bits per heavy atom. The molecule has 1 aliphatic heterocycles. The number of benzene rings is 1. The molecule has 0 fully saturated rings. The van der Waals surface area contributed by atoms with Crippen molar-refractivity contribution in [1.29, 1.82) is 5.26 Å². The summed E-state index contributed by atoms with van der Waals surface area (Å²) in [6.45, 7) is 2.42. The van der Waals surface area contributed by atoms with Crippen LogP contribution in [-0.2, 0) is 17.6 Å². The van der Waals surface area contributed by atoms with Gasteiger partial charge in [0.1, 0.15) is 11.1 Å².